The van der Waals surface area contributed by atoms with Crippen LogP contribution < -0.4 is 0 Å². The minimum atomic E-state index is -0.783. The Bertz CT molecular complexity index is 908. The summed E-state index contributed by atoms with van der Waals surface area (Å²) in [5.74, 6) is -2.04. The molecule has 0 aliphatic heterocycles. The monoisotopic (exact) mass is 399 g/mol. The third-order valence-corrected chi connectivity index (χ3v) is 4.18. The van der Waals surface area contributed by atoms with E-state index in [2.05, 4.69) is 5.10 Å². The van der Waals surface area contributed by atoms with Crippen LogP contribution in [0.1, 0.15) is 46.3 Å². The van der Waals surface area contributed by atoms with Gasteiger partial charge in [-0.1, -0.05) is 36.5 Å². The van der Waals surface area contributed by atoms with Crippen LogP contribution in [0.25, 0.3) is 0 Å². The summed E-state index contributed by atoms with van der Waals surface area (Å²) in [5, 5.41) is 25.3. The Morgan fingerprint density at radius 1 is 1.31 bits per heavy atom. The van der Waals surface area contributed by atoms with Crippen LogP contribution in [-0.4, -0.2) is 31.4 Å². The number of carbonyl (C=O) groups is 2. The van der Waals surface area contributed by atoms with E-state index in [9.17, 15) is 24.8 Å². The average Bonchev–Trinajstić information content (AvgIpc) is 2.87. The number of Topliss-reactive ketones (excluding diaryl/α,β-unsaturated/α-hetero) is 2. The smallest absolute Gasteiger partial charge is 0.321 e. The number of rotatable bonds is 7. The summed E-state index contributed by atoms with van der Waals surface area (Å²) in [5.41, 5.74) is -0.709. The van der Waals surface area contributed by atoms with Crippen LogP contribution in [0.5, 0.6) is 5.75 Å². The van der Waals surface area contributed by atoms with Gasteiger partial charge in [0.15, 0.2) is 17.3 Å². The van der Waals surface area contributed by atoms with Crippen molar-refractivity contribution in [3.05, 3.63) is 49.2 Å². The highest BCUT2D eigenvalue weighted by Crippen LogP contribution is 2.33. The van der Waals surface area contributed by atoms with Crippen molar-refractivity contribution in [2.24, 2.45) is 7.05 Å². The molecule has 26 heavy (non-hydrogen) atoms. The molecule has 0 aliphatic rings. The van der Waals surface area contributed by atoms with Crippen LogP contribution in [0.3, 0.4) is 0 Å². The molecule has 1 heterocycles. The van der Waals surface area contributed by atoms with Crippen molar-refractivity contribution in [2.75, 3.05) is 0 Å². The van der Waals surface area contributed by atoms with Gasteiger partial charge in [-0.2, -0.15) is 5.10 Å². The zero-order valence-corrected chi connectivity index (χ0v) is 15.5. The van der Waals surface area contributed by atoms with E-state index in [4.69, 9.17) is 23.2 Å². The molecule has 0 atom stereocenters. The fourth-order valence-electron chi connectivity index (χ4n) is 2.58. The molecule has 1 aromatic carbocycles. The first kappa shape index (κ1) is 19.9. The number of phenols is 1. The molecule has 2 rings (SSSR count). The Balaban J connectivity index is 2.39. The maximum absolute atomic E-state index is 12.5. The predicted octanol–water partition coefficient (Wildman–Crippen LogP) is 3.75. The van der Waals surface area contributed by atoms with Gasteiger partial charge in [0, 0.05) is 12.1 Å². The van der Waals surface area contributed by atoms with Crippen LogP contribution in [-0.2, 0) is 13.5 Å². The standard InChI is InChI=1S/C16H15Cl2N3O5/c1-3-4-11-14(21(25)26)15(20(2)19-11)13(23)7-12(22)9-5-8(17)6-10(18)16(9)24/h5-6,24H,3-4,7H2,1-2H3. The van der Waals surface area contributed by atoms with Crippen molar-refractivity contribution in [2.45, 2.75) is 26.2 Å². The first-order chi connectivity index (χ1) is 12.2. The largest absolute Gasteiger partial charge is 0.506 e. The highest BCUT2D eigenvalue weighted by molar-refractivity contribution is 6.36. The first-order valence-electron chi connectivity index (χ1n) is 7.62. The Kier molecular flexibility index (Phi) is 5.99. The van der Waals surface area contributed by atoms with Crippen LogP contribution in [0, 0.1) is 10.1 Å². The fraction of sp³-hybridized carbons (Fsp3) is 0.312. The minimum absolute atomic E-state index is 0.111. The molecule has 0 spiro atoms. The highest BCUT2D eigenvalue weighted by atomic mass is 35.5. The highest BCUT2D eigenvalue weighted by Gasteiger charge is 2.32. The van der Waals surface area contributed by atoms with Gasteiger partial charge in [0.2, 0.25) is 0 Å². The number of carbonyl (C=O) groups excluding carboxylic acids is 2. The second-order valence-electron chi connectivity index (χ2n) is 5.58. The molecule has 0 bridgehead atoms. The Morgan fingerprint density at radius 3 is 2.54 bits per heavy atom. The van der Waals surface area contributed by atoms with Crippen LogP contribution in [0.4, 0.5) is 5.69 Å². The lowest BCUT2D eigenvalue weighted by molar-refractivity contribution is -0.385. The zero-order valence-electron chi connectivity index (χ0n) is 14.0. The summed E-state index contributed by atoms with van der Waals surface area (Å²) >= 11 is 11.6. The number of hydrogen-bond acceptors (Lipinski definition) is 6. The van der Waals surface area contributed by atoms with Crippen molar-refractivity contribution < 1.29 is 19.6 Å². The Hall–Kier alpha value is -2.45. The number of hydrogen-bond donors (Lipinski definition) is 1. The van der Waals surface area contributed by atoms with E-state index in [1.165, 1.54) is 19.2 Å². The summed E-state index contributed by atoms with van der Waals surface area (Å²) < 4.78 is 1.10. The van der Waals surface area contributed by atoms with E-state index in [1.54, 1.807) is 0 Å². The molecular formula is C16H15Cl2N3O5. The molecule has 0 radical (unpaired) electrons. The molecule has 8 nitrogen and oxygen atoms in total. The number of halogens is 2. The lowest BCUT2D eigenvalue weighted by atomic mass is 10.0. The minimum Gasteiger partial charge on any atom is -0.506 e. The van der Waals surface area contributed by atoms with Crippen molar-refractivity contribution in [1.29, 1.82) is 0 Å². The lowest BCUT2D eigenvalue weighted by Crippen LogP contribution is -2.14. The van der Waals surface area contributed by atoms with Gasteiger partial charge >= 0.3 is 5.69 Å². The van der Waals surface area contributed by atoms with Gasteiger partial charge < -0.3 is 5.11 Å². The maximum atomic E-state index is 12.5. The number of aryl methyl sites for hydroxylation is 2. The summed E-state index contributed by atoms with van der Waals surface area (Å²) in [6, 6.07) is 2.43. The Labute approximate surface area is 158 Å². The first-order valence-corrected chi connectivity index (χ1v) is 8.37. The number of nitrogens with zero attached hydrogens (tertiary/aromatic N) is 3. The second kappa shape index (κ2) is 7.84. The number of nitro groups is 1. The molecule has 0 saturated carbocycles. The quantitative estimate of drug-likeness (QED) is 0.328. The SMILES string of the molecule is CCCc1nn(C)c(C(=O)CC(=O)c2cc(Cl)cc(Cl)c2O)c1[N+](=O)[O-]. The topological polar surface area (TPSA) is 115 Å². The summed E-state index contributed by atoms with van der Waals surface area (Å²) in [6.07, 6.45) is 0.242. The van der Waals surface area contributed by atoms with E-state index < -0.39 is 34.3 Å². The maximum Gasteiger partial charge on any atom is 0.321 e. The van der Waals surface area contributed by atoms with Gasteiger partial charge in [-0.15, -0.1) is 0 Å². The molecular weight excluding hydrogens is 385 g/mol. The van der Waals surface area contributed by atoms with Crippen molar-refractivity contribution in [1.82, 2.24) is 9.78 Å². The normalized spacial score (nSPS) is 10.8. The van der Waals surface area contributed by atoms with Gasteiger partial charge in [0.1, 0.15) is 11.4 Å². The molecule has 0 fully saturated rings. The van der Waals surface area contributed by atoms with Gasteiger partial charge in [0.25, 0.3) is 0 Å². The van der Waals surface area contributed by atoms with Gasteiger partial charge in [-0.05, 0) is 18.6 Å². The molecule has 1 N–H and O–H groups in total. The Morgan fingerprint density at radius 2 is 1.96 bits per heavy atom. The van der Waals surface area contributed by atoms with E-state index in [0.717, 1.165) is 4.68 Å². The van der Waals surface area contributed by atoms with Crippen molar-refractivity contribution in [3.63, 3.8) is 0 Å². The van der Waals surface area contributed by atoms with Crippen LogP contribution in [0.2, 0.25) is 10.0 Å². The lowest BCUT2D eigenvalue weighted by Gasteiger charge is -2.06. The molecule has 10 heteroatoms. The van der Waals surface area contributed by atoms with Gasteiger partial charge in [-0.25, -0.2) is 0 Å². The molecule has 0 saturated heterocycles. The number of ketones is 2. The van der Waals surface area contributed by atoms with Gasteiger partial charge in [0.05, 0.1) is 21.9 Å². The fourth-order valence-corrected chi connectivity index (χ4v) is 3.07. The molecule has 1 aromatic heterocycles. The number of aromatic nitrogens is 2. The molecule has 138 valence electrons. The third kappa shape index (κ3) is 3.86. The van der Waals surface area contributed by atoms with E-state index in [1.807, 2.05) is 6.92 Å². The van der Waals surface area contributed by atoms with Crippen molar-refractivity contribution >= 4 is 40.5 Å². The number of phenolic OH excluding ortho intramolecular Hbond substituents is 1. The summed E-state index contributed by atoms with van der Waals surface area (Å²) in [4.78, 5) is 35.6. The van der Waals surface area contributed by atoms with E-state index in [-0.39, 0.29) is 27.0 Å². The number of aromatic hydroxyl groups is 1. The summed E-state index contributed by atoms with van der Waals surface area (Å²) in [6.45, 7) is 1.83. The van der Waals surface area contributed by atoms with Gasteiger partial charge in [-0.3, -0.25) is 24.4 Å². The summed E-state index contributed by atoms with van der Waals surface area (Å²) in [7, 11) is 1.40. The van der Waals surface area contributed by atoms with Crippen molar-refractivity contribution in [3.8, 4) is 5.75 Å². The predicted molar refractivity (Wildman–Crippen MR) is 95.3 cm³/mol. The molecule has 2 aromatic rings. The average molecular weight is 400 g/mol. The van der Waals surface area contributed by atoms with Crippen LogP contribution >= 0.6 is 23.2 Å². The third-order valence-electron chi connectivity index (χ3n) is 3.68. The number of benzene rings is 1. The van der Waals surface area contributed by atoms with E-state index >= 15 is 0 Å². The molecule has 0 aliphatic carbocycles. The van der Waals surface area contributed by atoms with Crippen LogP contribution in [0.15, 0.2) is 12.1 Å². The second-order valence-corrected chi connectivity index (χ2v) is 6.43. The zero-order chi connectivity index (χ0) is 19.6. The molecule has 0 unspecified atom stereocenters. The van der Waals surface area contributed by atoms with E-state index in [0.29, 0.717) is 12.8 Å². The molecule has 0 amide bonds.